The SMILES string of the molecule is C[C@@H](C(=O)[O-])[C@@H](Br)C(=O)[O-]. The zero-order valence-corrected chi connectivity index (χ0v) is 6.75. The summed E-state index contributed by atoms with van der Waals surface area (Å²) in [4.78, 5) is 18.8. The van der Waals surface area contributed by atoms with Crippen LogP contribution in [0.15, 0.2) is 0 Å². The number of alkyl halides is 1. The van der Waals surface area contributed by atoms with Crippen LogP contribution in [0.3, 0.4) is 0 Å². The summed E-state index contributed by atoms with van der Waals surface area (Å²) in [7, 11) is 0. The quantitative estimate of drug-likeness (QED) is 0.498. The summed E-state index contributed by atoms with van der Waals surface area (Å²) in [5.41, 5.74) is 0. The molecule has 0 radical (unpaired) electrons. The number of aliphatic carboxylic acids is 2. The Balaban J connectivity index is 4.07. The van der Waals surface area contributed by atoms with E-state index in [0.717, 1.165) is 0 Å². The van der Waals surface area contributed by atoms with Gasteiger partial charge in [-0.3, -0.25) is 0 Å². The van der Waals surface area contributed by atoms with Crippen LogP contribution in [0.25, 0.3) is 0 Å². The van der Waals surface area contributed by atoms with Crippen molar-refractivity contribution in [2.24, 2.45) is 5.92 Å². The van der Waals surface area contributed by atoms with Crippen molar-refractivity contribution in [3.63, 3.8) is 0 Å². The Labute approximate surface area is 66.0 Å². The van der Waals surface area contributed by atoms with Crippen molar-refractivity contribution in [1.29, 1.82) is 0 Å². The van der Waals surface area contributed by atoms with Crippen molar-refractivity contribution in [2.75, 3.05) is 0 Å². The molecule has 0 aliphatic heterocycles. The summed E-state index contributed by atoms with van der Waals surface area (Å²) in [6, 6.07) is 0. The summed E-state index contributed by atoms with van der Waals surface area (Å²) < 4.78 is 0. The number of carbonyl (C=O) groups excluding carboxylic acids is 2. The van der Waals surface area contributed by atoms with Gasteiger partial charge in [-0.1, -0.05) is 22.9 Å². The zero-order chi connectivity index (χ0) is 8.31. The molecule has 0 aliphatic rings. The highest BCUT2D eigenvalue weighted by molar-refractivity contribution is 9.10. The molecule has 0 fully saturated rings. The Morgan fingerprint density at radius 2 is 1.70 bits per heavy atom. The molecule has 0 amide bonds. The van der Waals surface area contributed by atoms with Crippen LogP contribution in [-0.4, -0.2) is 16.8 Å². The first-order valence-corrected chi connectivity index (χ1v) is 3.44. The van der Waals surface area contributed by atoms with Crippen molar-refractivity contribution < 1.29 is 19.8 Å². The van der Waals surface area contributed by atoms with Crippen LogP contribution in [0.1, 0.15) is 6.92 Å². The van der Waals surface area contributed by atoms with E-state index in [4.69, 9.17) is 0 Å². The number of rotatable bonds is 3. The molecule has 0 saturated carbocycles. The fraction of sp³-hybridized carbons (Fsp3) is 0.600. The Bertz CT molecular complexity index is 138. The maximum absolute atomic E-state index is 10.0. The summed E-state index contributed by atoms with van der Waals surface area (Å²) in [5, 5.41) is 20.0. The van der Waals surface area contributed by atoms with Gasteiger partial charge in [-0.2, -0.15) is 0 Å². The Kier molecular flexibility index (Phi) is 3.35. The zero-order valence-electron chi connectivity index (χ0n) is 5.17. The summed E-state index contributed by atoms with van der Waals surface area (Å²) in [6.07, 6.45) is 0. The maximum atomic E-state index is 10.0. The van der Waals surface area contributed by atoms with Gasteiger partial charge in [0.15, 0.2) is 0 Å². The second kappa shape index (κ2) is 3.55. The number of carbonyl (C=O) groups is 2. The van der Waals surface area contributed by atoms with Crippen molar-refractivity contribution in [2.45, 2.75) is 11.8 Å². The highest BCUT2D eigenvalue weighted by atomic mass is 79.9. The monoisotopic (exact) mass is 208 g/mol. The third-order valence-corrected chi connectivity index (χ3v) is 2.20. The molecule has 0 aromatic carbocycles. The largest absolute Gasteiger partial charge is 0.550 e. The van der Waals surface area contributed by atoms with Crippen LogP contribution in [0.4, 0.5) is 0 Å². The minimum Gasteiger partial charge on any atom is -0.550 e. The van der Waals surface area contributed by atoms with E-state index in [0.29, 0.717) is 0 Å². The summed E-state index contributed by atoms with van der Waals surface area (Å²) in [6.45, 7) is 1.23. The average molecular weight is 209 g/mol. The second-order valence-electron chi connectivity index (χ2n) is 1.83. The lowest BCUT2D eigenvalue weighted by molar-refractivity contribution is -0.318. The van der Waals surface area contributed by atoms with E-state index in [-0.39, 0.29) is 0 Å². The molecule has 0 aliphatic carbocycles. The van der Waals surface area contributed by atoms with E-state index in [1.807, 2.05) is 0 Å². The molecule has 10 heavy (non-hydrogen) atoms. The number of carboxylic acids is 2. The van der Waals surface area contributed by atoms with E-state index in [1.54, 1.807) is 0 Å². The van der Waals surface area contributed by atoms with E-state index in [9.17, 15) is 19.8 Å². The lowest BCUT2D eigenvalue weighted by atomic mass is 10.1. The number of hydrogen-bond donors (Lipinski definition) is 0. The first kappa shape index (κ1) is 9.42. The lowest BCUT2D eigenvalue weighted by Crippen LogP contribution is -2.43. The van der Waals surface area contributed by atoms with Crippen molar-refractivity contribution in [3.05, 3.63) is 0 Å². The minimum atomic E-state index is -1.45. The van der Waals surface area contributed by atoms with Crippen LogP contribution >= 0.6 is 15.9 Å². The topological polar surface area (TPSA) is 80.3 Å². The highest BCUT2D eigenvalue weighted by Gasteiger charge is 2.15. The molecular weight excluding hydrogens is 204 g/mol. The van der Waals surface area contributed by atoms with Crippen LogP contribution in [0.5, 0.6) is 0 Å². The lowest BCUT2D eigenvalue weighted by Gasteiger charge is -2.19. The Hall–Kier alpha value is -0.580. The molecular formula is C5H5BrO4-2. The standard InChI is InChI=1S/C5H7BrO4/c1-2(4(7)8)3(6)5(9)10/h2-3H,1H3,(H,7,8)(H,9,10)/p-2/t2-,3-/m1/s1. The van der Waals surface area contributed by atoms with Crippen molar-refractivity contribution in [1.82, 2.24) is 0 Å². The third-order valence-electron chi connectivity index (χ3n) is 1.04. The van der Waals surface area contributed by atoms with Crippen LogP contribution in [0, 0.1) is 5.92 Å². The molecule has 2 atom stereocenters. The van der Waals surface area contributed by atoms with E-state index in [1.165, 1.54) is 6.92 Å². The van der Waals surface area contributed by atoms with Gasteiger partial charge in [0.25, 0.3) is 0 Å². The van der Waals surface area contributed by atoms with Gasteiger partial charge >= 0.3 is 0 Å². The molecule has 0 unspecified atom stereocenters. The predicted octanol–water partition coefficient (Wildman–Crippen LogP) is -2.11. The van der Waals surface area contributed by atoms with Gasteiger partial charge in [0.2, 0.25) is 0 Å². The predicted molar refractivity (Wildman–Crippen MR) is 31.9 cm³/mol. The van der Waals surface area contributed by atoms with Gasteiger partial charge in [-0.05, 0) is 0 Å². The molecule has 0 aromatic heterocycles. The van der Waals surface area contributed by atoms with E-state index < -0.39 is 22.7 Å². The van der Waals surface area contributed by atoms with Gasteiger partial charge in [0.05, 0.1) is 10.8 Å². The third kappa shape index (κ3) is 2.34. The highest BCUT2D eigenvalue weighted by Crippen LogP contribution is 2.10. The van der Waals surface area contributed by atoms with Gasteiger partial charge in [-0.25, -0.2) is 0 Å². The smallest absolute Gasteiger partial charge is 0.0618 e. The Morgan fingerprint density at radius 3 is 1.80 bits per heavy atom. The fourth-order valence-electron chi connectivity index (χ4n) is 0.324. The first-order valence-electron chi connectivity index (χ1n) is 2.52. The molecule has 5 heteroatoms. The van der Waals surface area contributed by atoms with Crippen LogP contribution in [0.2, 0.25) is 0 Å². The van der Waals surface area contributed by atoms with Crippen molar-refractivity contribution >= 4 is 27.9 Å². The average Bonchev–Trinajstić information content (AvgIpc) is 1.84. The van der Waals surface area contributed by atoms with Gasteiger partial charge in [-0.15, -0.1) is 0 Å². The molecule has 0 bridgehead atoms. The summed E-state index contributed by atoms with van der Waals surface area (Å²) in [5.74, 6) is -3.94. The minimum absolute atomic E-state index is 1.08. The molecule has 0 heterocycles. The van der Waals surface area contributed by atoms with Crippen LogP contribution in [-0.2, 0) is 9.59 Å². The number of halogens is 1. The van der Waals surface area contributed by atoms with E-state index in [2.05, 4.69) is 15.9 Å². The fourth-order valence-corrected chi connectivity index (χ4v) is 0.539. The molecule has 58 valence electrons. The number of hydrogen-bond acceptors (Lipinski definition) is 4. The molecule has 0 aromatic rings. The maximum Gasteiger partial charge on any atom is 0.0618 e. The molecule has 0 rings (SSSR count). The van der Waals surface area contributed by atoms with Gasteiger partial charge < -0.3 is 19.8 Å². The van der Waals surface area contributed by atoms with Gasteiger partial charge in [0, 0.05) is 11.9 Å². The van der Waals surface area contributed by atoms with E-state index >= 15 is 0 Å². The van der Waals surface area contributed by atoms with Crippen molar-refractivity contribution in [3.8, 4) is 0 Å². The number of carboxylic acid groups (broad SMARTS) is 2. The Morgan fingerprint density at radius 1 is 1.30 bits per heavy atom. The molecule has 4 nitrogen and oxygen atoms in total. The molecule has 0 spiro atoms. The molecule has 0 saturated heterocycles. The molecule has 0 N–H and O–H groups in total. The second-order valence-corrected chi connectivity index (χ2v) is 2.82. The van der Waals surface area contributed by atoms with Crippen LogP contribution < -0.4 is 10.2 Å². The van der Waals surface area contributed by atoms with Gasteiger partial charge in [0.1, 0.15) is 0 Å². The normalized spacial score (nSPS) is 15.8. The first-order chi connectivity index (χ1) is 4.46. The summed E-state index contributed by atoms with van der Waals surface area (Å²) >= 11 is 2.63.